The van der Waals surface area contributed by atoms with Crippen LogP contribution in [0, 0.1) is 6.92 Å². The highest BCUT2D eigenvalue weighted by Gasteiger charge is 2.38. The highest BCUT2D eigenvalue weighted by atomic mass is 32.2. The zero-order chi connectivity index (χ0) is 17.0. The van der Waals surface area contributed by atoms with Crippen LogP contribution in [-0.2, 0) is 19.6 Å². The number of hydrogen-bond donors (Lipinski definition) is 0. The van der Waals surface area contributed by atoms with Crippen LogP contribution < -0.4 is 0 Å². The third-order valence-corrected chi connectivity index (χ3v) is 5.65. The van der Waals surface area contributed by atoms with Gasteiger partial charge in [0.2, 0.25) is 10.0 Å². The third kappa shape index (κ3) is 3.71. The molecule has 1 unspecified atom stereocenters. The number of benzene rings is 1. The summed E-state index contributed by atoms with van der Waals surface area (Å²) in [5.74, 6) is -0.532. The van der Waals surface area contributed by atoms with Crippen molar-refractivity contribution in [3.63, 3.8) is 0 Å². The summed E-state index contributed by atoms with van der Waals surface area (Å²) in [5.41, 5.74) is 1.82. The van der Waals surface area contributed by atoms with Crippen LogP contribution in [0.3, 0.4) is 0 Å². The first-order chi connectivity index (χ1) is 10.9. The van der Waals surface area contributed by atoms with Crippen molar-refractivity contribution in [2.24, 2.45) is 0 Å². The van der Waals surface area contributed by atoms with Gasteiger partial charge in [0, 0.05) is 6.54 Å². The molecular formula is C17H21NO4S. The molecule has 0 radical (unpaired) electrons. The zero-order valence-electron chi connectivity index (χ0n) is 13.4. The predicted octanol–water partition coefficient (Wildman–Crippen LogP) is 2.43. The molecule has 0 bridgehead atoms. The van der Waals surface area contributed by atoms with Crippen molar-refractivity contribution < 1.29 is 17.9 Å². The van der Waals surface area contributed by atoms with Crippen molar-refractivity contribution >= 4 is 16.0 Å². The minimum absolute atomic E-state index is 0.126. The van der Waals surface area contributed by atoms with E-state index in [1.165, 1.54) is 4.31 Å². The summed E-state index contributed by atoms with van der Waals surface area (Å²) in [7, 11) is -3.77. The second kappa shape index (κ2) is 7.10. The van der Waals surface area contributed by atoms with Gasteiger partial charge in [-0.25, -0.2) is 8.42 Å². The molecule has 23 heavy (non-hydrogen) atoms. The number of nitrogens with zero attached hydrogens (tertiary/aromatic N) is 1. The van der Waals surface area contributed by atoms with Crippen LogP contribution >= 0.6 is 0 Å². The second-order valence-corrected chi connectivity index (χ2v) is 7.23. The van der Waals surface area contributed by atoms with Crippen molar-refractivity contribution in [2.75, 3.05) is 13.2 Å². The number of hydrogen-bond acceptors (Lipinski definition) is 4. The molecule has 2 rings (SSSR count). The van der Waals surface area contributed by atoms with E-state index in [-0.39, 0.29) is 24.5 Å². The third-order valence-electron chi connectivity index (χ3n) is 3.76. The molecule has 1 aliphatic rings. The minimum Gasteiger partial charge on any atom is -0.465 e. The van der Waals surface area contributed by atoms with Crippen LogP contribution in [0.4, 0.5) is 0 Å². The molecule has 124 valence electrons. The Labute approximate surface area is 137 Å². The van der Waals surface area contributed by atoms with Crippen LogP contribution in [0.15, 0.2) is 53.5 Å². The number of esters is 1. The van der Waals surface area contributed by atoms with E-state index in [1.807, 2.05) is 6.92 Å². The summed E-state index contributed by atoms with van der Waals surface area (Å²) in [6.45, 7) is 7.61. The molecule has 0 aromatic heterocycles. The first-order valence-electron chi connectivity index (χ1n) is 7.46. The first-order valence-corrected chi connectivity index (χ1v) is 8.90. The molecule has 6 heteroatoms. The lowest BCUT2D eigenvalue weighted by Crippen LogP contribution is -2.47. The monoisotopic (exact) mass is 335 g/mol. The number of carbonyl (C=O) groups excluding carboxylic acids is 1. The Morgan fingerprint density at radius 2 is 2.04 bits per heavy atom. The van der Waals surface area contributed by atoms with Gasteiger partial charge in [-0.05, 0) is 38.0 Å². The Morgan fingerprint density at radius 3 is 2.61 bits per heavy atom. The van der Waals surface area contributed by atoms with Gasteiger partial charge in [-0.15, -0.1) is 0 Å². The fraction of sp³-hybridized carbons (Fsp3) is 0.353. The lowest BCUT2D eigenvalue weighted by molar-refractivity contribution is -0.147. The summed E-state index contributed by atoms with van der Waals surface area (Å²) in [4.78, 5) is 12.4. The maximum absolute atomic E-state index is 12.9. The number of carbonyl (C=O) groups is 1. The minimum atomic E-state index is -3.77. The number of sulfonamides is 1. The van der Waals surface area contributed by atoms with Gasteiger partial charge in [-0.2, -0.15) is 4.31 Å². The van der Waals surface area contributed by atoms with Crippen molar-refractivity contribution in [1.82, 2.24) is 4.31 Å². The molecule has 0 spiro atoms. The van der Waals surface area contributed by atoms with Crippen LogP contribution in [0.1, 0.15) is 18.9 Å². The molecule has 1 aromatic rings. The van der Waals surface area contributed by atoms with Gasteiger partial charge in [-0.1, -0.05) is 36.4 Å². The molecule has 0 fully saturated rings. The topological polar surface area (TPSA) is 63.7 Å². The van der Waals surface area contributed by atoms with E-state index < -0.39 is 22.0 Å². The van der Waals surface area contributed by atoms with Crippen LogP contribution in [0.5, 0.6) is 0 Å². The quantitative estimate of drug-likeness (QED) is 0.775. The summed E-state index contributed by atoms with van der Waals surface area (Å²) < 4.78 is 32.0. The number of allylic oxidation sites excluding steroid dienone is 1. The van der Waals surface area contributed by atoms with Gasteiger partial charge in [-0.3, -0.25) is 4.79 Å². The largest absolute Gasteiger partial charge is 0.465 e. The Kier molecular flexibility index (Phi) is 5.38. The lowest BCUT2D eigenvalue weighted by Gasteiger charge is -2.32. The van der Waals surface area contributed by atoms with Gasteiger partial charge >= 0.3 is 5.97 Å². The fourth-order valence-electron chi connectivity index (χ4n) is 2.46. The molecule has 0 aliphatic carbocycles. The zero-order valence-corrected chi connectivity index (χ0v) is 14.2. The Morgan fingerprint density at radius 1 is 1.39 bits per heavy atom. The van der Waals surface area contributed by atoms with E-state index in [1.54, 1.807) is 43.3 Å². The Hall–Kier alpha value is -1.92. The van der Waals surface area contributed by atoms with Gasteiger partial charge in [0.05, 0.1) is 11.5 Å². The molecule has 1 atom stereocenters. The maximum atomic E-state index is 12.9. The molecule has 0 saturated heterocycles. The first kappa shape index (κ1) is 17.4. The van der Waals surface area contributed by atoms with E-state index in [0.717, 1.165) is 11.1 Å². The van der Waals surface area contributed by atoms with Gasteiger partial charge < -0.3 is 4.74 Å². The van der Waals surface area contributed by atoms with Gasteiger partial charge in [0.15, 0.2) is 0 Å². The normalized spacial score (nSPS) is 19.0. The van der Waals surface area contributed by atoms with Crippen molar-refractivity contribution in [1.29, 1.82) is 0 Å². The average Bonchev–Trinajstić information content (AvgIpc) is 2.54. The van der Waals surface area contributed by atoms with Crippen LogP contribution in [0.25, 0.3) is 0 Å². The smallest absolute Gasteiger partial charge is 0.324 e. The molecule has 1 aliphatic heterocycles. The molecule has 1 aromatic carbocycles. The van der Waals surface area contributed by atoms with E-state index >= 15 is 0 Å². The standard InChI is InChI=1S/C17H21NO4S/c1-4-14-10-11-18(16(12-14)17(19)22-5-2)23(20,21)15-8-6-13(3)7-9-15/h4,6-10,16H,1,5,11-12H2,2-3H3. The van der Waals surface area contributed by atoms with E-state index in [4.69, 9.17) is 4.74 Å². The Balaban J connectivity index is 2.40. The van der Waals surface area contributed by atoms with Crippen molar-refractivity contribution in [3.05, 3.63) is 54.1 Å². The Bertz CT molecular complexity index is 719. The van der Waals surface area contributed by atoms with Gasteiger partial charge in [0.1, 0.15) is 6.04 Å². The molecule has 0 N–H and O–H groups in total. The highest BCUT2D eigenvalue weighted by molar-refractivity contribution is 7.89. The number of ether oxygens (including phenoxy) is 1. The number of rotatable bonds is 5. The summed E-state index contributed by atoms with van der Waals surface area (Å²) in [6.07, 6.45) is 3.68. The summed E-state index contributed by atoms with van der Waals surface area (Å²) in [6, 6.07) is 5.72. The van der Waals surface area contributed by atoms with E-state index in [9.17, 15) is 13.2 Å². The van der Waals surface area contributed by atoms with Crippen molar-refractivity contribution in [3.8, 4) is 0 Å². The SMILES string of the molecule is C=CC1=CCN(S(=O)(=O)c2ccc(C)cc2)C(C(=O)OCC)C1. The molecular weight excluding hydrogens is 314 g/mol. The number of aryl methyl sites for hydroxylation is 1. The maximum Gasteiger partial charge on any atom is 0.324 e. The average molecular weight is 335 g/mol. The summed E-state index contributed by atoms with van der Waals surface area (Å²) >= 11 is 0. The predicted molar refractivity (Wildman–Crippen MR) is 88.4 cm³/mol. The molecule has 5 nitrogen and oxygen atoms in total. The van der Waals surface area contributed by atoms with Crippen molar-refractivity contribution in [2.45, 2.75) is 31.2 Å². The van der Waals surface area contributed by atoms with E-state index in [0.29, 0.717) is 0 Å². The van der Waals surface area contributed by atoms with Gasteiger partial charge in [0.25, 0.3) is 0 Å². The lowest BCUT2D eigenvalue weighted by atomic mass is 10.0. The summed E-state index contributed by atoms with van der Waals surface area (Å²) in [5, 5.41) is 0. The molecule has 1 heterocycles. The van der Waals surface area contributed by atoms with Crippen LogP contribution in [0.2, 0.25) is 0 Å². The fourth-order valence-corrected chi connectivity index (χ4v) is 3.98. The highest BCUT2D eigenvalue weighted by Crippen LogP contribution is 2.27. The second-order valence-electron chi connectivity index (χ2n) is 5.34. The van der Waals surface area contributed by atoms with Crippen LogP contribution in [-0.4, -0.2) is 37.9 Å². The molecule has 0 amide bonds. The van der Waals surface area contributed by atoms with E-state index in [2.05, 4.69) is 6.58 Å². The molecule has 0 saturated carbocycles.